The molecule has 0 aromatic heterocycles. The van der Waals surface area contributed by atoms with Crippen LogP contribution in [0, 0.1) is 5.92 Å². The molecule has 1 N–H and O–H groups in total. The first-order valence-electron chi connectivity index (χ1n) is 9.20. The van der Waals surface area contributed by atoms with Crippen LogP contribution in [0.15, 0.2) is 0 Å². The van der Waals surface area contributed by atoms with Gasteiger partial charge in [-0.15, -0.1) is 0 Å². The molecule has 2 unspecified atom stereocenters. The Morgan fingerprint density at radius 1 is 1.00 bits per heavy atom. The van der Waals surface area contributed by atoms with E-state index in [1.54, 1.807) is 0 Å². The highest BCUT2D eigenvalue weighted by Crippen LogP contribution is 2.44. The van der Waals surface area contributed by atoms with Crippen molar-refractivity contribution in [3.05, 3.63) is 0 Å². The first-order valence-corrected chi connectivity index (χ1v) is 9.20. The van der Waals surface area contributed by atoms with Crippen molar-refractivity contribution in [3.8, 4) is 0 Å². The first kappa shape index (κ1) is 19.0. The normalized spacial score (nSPS) is 25.1. The lowest BCUT2D eigenvalue weighted by atomic mass is 9.80. The Kier molecular flexibility index (Phi) is 7.70. The van der Waals surface area contributed by atoms with Crippen molar-refractivity contribution < 1.29 is 4.74 Å². The zero-order chi connectivity index (χ0) is 15.9. The van der Waals surface area contributed by atoms with E-state index in [9.17, 15) is 0 Å². The monoisotopic (exact) mass is 297 g/mol. The molecule has 0 aromatic rings. The Labute approximate surface area is 133 Å². The molecule has 1 saturated heterocycles. The SMILES string of the molecule is CCCCCCCCCC(NC)C1CC(C)(C)OC1(C)C. The summed E-state index contributed by atoms with van der Waals surface area (Å²) in [7, 11) is 2.12. The van der Waals surface area contributed by atoms with Gasteiger partial charge < -0.3 is 10.1 Å². The molecule has 21 heavy (non-hydrogen) atoms. The van der Waals surface area contributed by atoms with Gasteiger partial charge in [0, 0.05) is 12.0 Å². The van der Waals surface area contributed by atoms with Gasteiger partial charge in [0.05, 0.1) is 11.2 Å². The minimum Gasteiger partial charge on any atom is -0.369 e. The molecule has 0 amide bonds. The summed E-state index contributed by atoms with van der Waals surface area (Å²) in [5, 5.41) is 3.57. The lowest BCUT2D eigenvalue weighted by Gasteiger charge is -2.33. The third kappa shape index (κ3) is 6.28. The second-order valence-electron chi connectivity index (χ2n) is 8.08. The Morgan fingerprint density at radius 3 is 2.05 bits per heavy atom. The molecular weight excluding hydrogens is 258 g/mol. The average molecular weight is 298 g/mol. The summed E-state index contributed by atoms with van der Waals surface area (Å²) in [5.74, 6) is 0.623. The zero-order valence-corrected chi connectivity index (χ0v) is 15.4. The molecule has 126 valence electrons. The fourth-order valence-electron chi connectivity index (χ4n) is 4.10. The van der Waals surface area contributed by atoms with Gasteiger partial charge in [0.2, 0.25) is 0 Å². The average Bonchev–Trinajstić information content (AvgIpc) is 2.61. The Hall–Kier alpha value is -0.0800. The highest BCUT2D eigenvalue weighted by Gasteiger charge is 2.48. The Balaban J connectivity index is 2.31. The van der Waals surface area contributed by atoms with E-state index in [0.717, 1.165) is 0 Å². The van der Waals surface area contributed by atoms with E-state index in [4.69, 9.17) is 4.74 Å². The second kappa shape index (κ2) is 8.53. The van der Waals surface area contributed by atoms with E-state index in [1.807, 2.05) is 0 Å². The molecule has 1 rings (SSSR count). The number of rotatable bonds is 10. The van der Waals surface area contributed by atoms with Crippen LogP contribution in [-0.2, 0) is 4.74 Å². The van der Waals surface area contributed by atoms with Crippen molar-refractivity contribution in [1.29, 1.82) is 0 Å². The van der Waals surface area contributed by atoms with Gasteiger partial charge in [-0.05, 0) is 47.6 Å². The van der Waals surface area contributed by atoms with Gasteiger partial charge >= 0.3 is 0 Å². The fourth-order valence-corrected chi connectivity index (χ4v) is 4.10. The molecule has 2 heteroatoms. The number of hydrogen-bond acceptors (Lipinski definition) is 2. The van der Waals surface area contributed by atoms with Crippen LogP contribution in [0.1, 0.15) is 92.4 Å². The lowest BCUT2D eigenvalue weighted by Crippen LogP contribution is -2.42. The Morgan fingerprint density at radius 2 is 1.57 bits per heavy atom. The van der Waals surface area contributed by atoms with Crippen molar-refractivity contribution >= 4 is 0 Å². The van der Waals surface area contributed by atoms with Crippen LogP contribution in [0.5, 0.6) is 0 Å². The molecule has 2 nitrogen and oxygen atoms in total. The number of nitrogens with one attached hydrogen (secondary N) is 1. The predicted octanol–water partition coefficient (Wildman–Crippen LogP) is 5.31. The van der Waals surface area contributed by atoms with Crippen LogP contribution in [0.2, 0.25) is 0 Å². The standard InChI is InChI=1S/C19H39NO/c1-7-8-9-10-11-12-13-14-17(20-6)16-15-18(2,3)21-19(16,4)5/h16-17,20H,7-15H2,1-6H3. The Bertz CT molecular complexity index is 285. The summed E-state index contributed by atoms with van der Waals surface area (Å²) in [6.07, 6.45) is 12.2. The van der Waals surface area contributed by atoms with E-state index in [-0.39, 0.29) is 11.2 Å². The maximum absolute atomic E-state index is 6.26. The summed E-state index contributed by atoms with van der Waals surface area (Å²) in [6, 6.07) is 0.595. The smallest absolute Gasteiger partial charge is 0.0677 e. The van der Waals surface area contributed by atoms with Gasteiger partial charge in [-0.1, -0.05) is 51.9 Å². The van der Waals surface area contributed by atoms with Crippen LogP contribution < -0.4 is 5.32 Å². The topological polar surface area (TPSA) is 21.3 Å². The zero-order valence-electron chi connectivity index (χ0n) is 15.4. The minimum absolute atomic E-state index is 0.00168. The summed E-state index contributed by atoms with van der Waals surface area (Å²) in [5.41, 5.74) is 0.0295. The van der Waals surface area contributed by atoms with Crippen molar-refractivity contribution in [3.63, 3.8) is 0 Å². The highest BCUT2D eigenvalue weighted by molar-refractivity contribution is 4.99. The van der Waals surface area contributed by atoms with Gasteiger partial charge in [-0.25, -0.2) is 0 Å². The van der Waals surface area contributed by atoms with Gasteiger partial charge in [-0.2, -0.15) is 0 Å². The van der Waals surface area contributed by atoms with Crippen molar-refractivity contribution in [2.75, 3.05) is 7.05 Å². The van der Waals surface area contributed by atoms with Gasteiger partial charge in [-0.3, -0.25) is 0 Å². The van der Waals surface area contributed by atoms with Crippen LogP contribution >= 0.6 is 0 Å². The van der Waals surface area contributed by atoms with Crippen molar-refractivity contribution in [2.24, 2.45) is 5.92 Å². The molecule has 1 aliphatic rings. The van der Waals surface area contributed by atoms with E-state index in [2.05, 4.69) is 47.0 Å². The van der Waals surface area contributed by atoms with E-state index in [1.165, 1.54) is 57.8 Å². The van der Waals surface area contributed by atoms with Crippen LogP contribution in [0.4, 0.5) is 0 Å². The van der Waals surface area contributed by atoms with E-state index >= 15 is 0 Å². The van der Waals surface area contributed by atoms with Gasteiger partial charge in [0.1, 0.15) is 0 Å². The maximum Gasteiger partial charge on any atom is 0.0677 e. The lowest BCUT2D eigenvalue weighted by molar-refractivity contribution is -0.0777. The largest absolute Gasteiger partial charge is 0.369 e. The number of unbranched alkanes of at least 4 members (excludes halogenated alkanes) is 6. The van der Waals surface area contributed by atoms with Crippen LogP contribution in [0.3, 0.4) is 0 Å². The number of ether oxygens (including phenoxy) is 1. The summed E-state index contributed by atoms with van der Waals surface area (Å²) < 4.78 is 6.26. The maximum atomic E-state index is 6.26. The van der Waals surface area contributed by atoms with Crippen molar-refractivity contribution in [2.45, 2.75) is 110 Å². The molecule has 0 radical (unpaired) electrons. The predicted molar refractivity (Wildman–Crippen MR) is 92.8 cm³/mol. The first-order chi connectivity index (χ1) is 9.82. The molecule has 1 fully saturated rings. The third-order valence-electron chi connectivity index (χ3n) is 5.12. The molecule has 0 saturated carbocycles. The fraction of sp³-hybridized carbons (Fsp3) is 1.00. The van der Waals surface area contributed by atoms with Crippen LogP contribution in [0.25, 0.3) is 0 Å². The highest BCUT2D eigenvalue weighted by atomic mass is 16.5. The molecule has 1 aliphatic heterocycles. The summed E-state index contributed by atoms with van der Waals surface area (Å²) >= 11 is 0. The van der Waals surface area contributed by atoms with E-state index in [0.29, 0.717) is 12.0 Å². The van der Waals surface area contributed by atoms with Gasteiger partial charge in [0.25, 0.3) is 0 Å². The van der Waals surface area contributed by atoms with Crippen molar-refractivity contribution in [1.82, 2.24) is 5.32 Å². The third-order valence-corrected chi connectivity index (χ3v) is 5.12. The number of hydrogen-bond donors (Lipinski definition) is 1. The molecule has 1 heterocycles. The van der Waals surface area contributed by atoms with Gasteiger partial charge in [0.15, 0.2) is 0 Å². The molecule has 2 atom stereocenters. The molecule has 0 bridgehead atoms. The summed E-state index contributed by atoms with van der Waals surface area (Å²) in [6.45, 7) is 11.3. The van der Waals surface area contributed by atoms with E-state index < -0.39 is 0 Å². The van der Waals surface area contributed by atoms with Crippen LogP contribution in [-0.4, -0.2) is 24.3 Å². The quantitative estimate of drug-likeness (QED) is 0.552. The summed E-state index contributed by atoms with van der Waals surface area (Å²) in [4.78, 5) is 0. The molecule has 0 spiro atoms. The molecule has 0 aliphatic carbocycles. The molecule has 0 aromatic carbocycles. The molecular formula is C19H39NO. The minimum atomic E-state index is -0.00168. The second-order valence-corrected chi connectivity index (χ2v) is 8.08.